The van der Waals surface area contributed by atoms with Crippen molar-refractivity contribution in [3.8, 4) is 0 Å². The third-order valence-corrected chi connectivity index (χ3v) is 3.22. The SMILES string of the molecule is Cc1cc(I)ccc1NC(C)c1ccn[nH]1. The molecule has 0 saturated carbocycles. The van der Waals surface area contributed by atoms with Crippen LogP contribution in [0.15, 0.2) is 30.5 Å². The molecule has 1 aromatic carbocycles. The maximum Gasteiger partial charge on any atom is 0.0651 e. The second-order valence-corrected chi connectivity index (χ2v) is 5.08. The monoisotopic (exact) mass is 327 g/mol. The van der Waals surface area contributed by atoms with E-state index in [-0.39, 0.29) is 6.04 Å². The molecule has 2 aromatic rings. The Bertz CT molecular complexity index is 465. The fraction of sp³-hybridized carbons (Fsp3) is 0.250. The molecule has 1 heterocycles. The zero-order chi connectivity index (χ0) is 11.5. The van der Waals surface area contributed by atoms with Gasteiger partial charge in [0.15, 0.2) is 0 Å². The summed E-state index contributed by atoms with van der Waals surface area (Å²) in [5, 5.41) is 10.4. The van der Waals surface area contributed by atoms with E-state index in [1.54, 1.807) is 6.20 Å². The summed E-state index contributed by atoms with van der Waals surface area (Å²) in [5.74, 6) is 0. The first-order chi connectivity index (χ1) is 7.66. The minimum Gasteiger partial charge on any atom is -0.377 e. The van der Waals surface area contributed by atoms with E-state index < -0.39 is 0 Å². The summed E-state index contributed by atoms with van der Waals surface area (Å²) in [4.78, 5) is 0. The maximum atomic E-state index is 3.96. The van der Waals surface area contributed by atoms with Crippen molar-refractivity contribution in [2.24, 2.45) is 0 Å². The van der Waals surface area contributed by atoms with Gasteiger partial charge in [-0.05, 0) is 66.3 Å². The van der Waals surface area contributed by atoms with Gasteiger partial charge in [-0.25, -0.2) is 0 Å². The van der Waals surface area contributed by atoms with Gasteiger partial charge >= 0.3 is 0 Å². The zero-order valence-electron chi connectivity index (χ0n) is 9.29. The summed E-state index contributed by atoms with van der Waals surface area (Å²) in [6, 6.07) is 8.61. The number of halogens is 1. The number of hydrogen-bond acceptors (Lipinski definition) is 2. The molecular weight excluding hydrogens is 313 g/mol. The van der Waals surface area contributed by atoms with Gasteiger partial charge in [0.2, 0.25) is 0 Å². The quantitative estimate of drug-likeness (QED) is 0.847. The third-order valence-electron chi connectivity index (χ3n) is 2.55. The minimum atomic E-state index is 0.237. The van der Waals surface area contributed by atoms with Crippen LogP contribution in [0.25, 0.3) is 0 Å². The van der Waals surface area contributed by atoms with Crippen LogP contribution in [0.2, 0.25) is 0 Å². The predicted molar refractivity (Wildman–Crippen MR) is 74.5 cm³/mol. The van der Waals surface area contributed by atoms with E-state index in [1.165, 1.54) is 14.8 Å². The number of nitrogens with zero attached hydrogens (tertiary/aromatic N) is 1. The summed E-state index contributed by atoms with van der Waals surface area (Å²) in [7, 11) is 0. The van der Waals surface area contributed by atoms with Crippen molar-refractivity contribution < 1.29 is 0 Å². The van der Waals surface area contributed by atoms with Gasteiger partial charge in [0, 0.05) is 15.5 Å². The lowest BCUT2D eigenvalue weighted by atomic mass is 10.1. The van der Waals surface area contributed by atoms with E-state index in [2.05, 4.69) is 70.2 Å². The molecule has 0 amide bonds. The number of aryl methyl sites for hydroxylation is 1. The molecule has 1 unspecified atom stereocenters. The van der Waals surface area contributed by atoms with Gasteiger partial charge in [-0.3, -0.25) is 5.10 Å². The van der Waals surface area contributed by atoms with Gasteiger partial charge in [-0.2, -0.15) is 5.10 Å². The van der Waals surface area contributed by atoms with Crippen LogP contribution in [0.5, 0.6) is 0 Å². The van der Waals surface area contributed by atoms with Gasteiger partial charge in [0.1, 0.15) is 0 Å². The predicted octanol–water partition coefficient (Wildman–Crippen LogP) is 3.50. The highest BCUT2D eigenvalue weighted by Gasteiger charge is 2.07. The lowest BCUT2D eigenvalue weighted by molar-refractivity contribution is 0.824. The number of aromatic amines is 1. The molecule has 2 rings (SSSR count). The largest absolute Gasteiger partial charge is 0.377 e. The number of anilines is 1. The van der Waals surface area contributed by atoms with Crippen molar-refractivity contribution in [2.75, 3.05) is 5.32 Å². The molecule has 84 valence electrons. The first-order valence-corrected chi connectivity index (χ1v) is 6.26. The van der Waals surface area contributed by atoms with Gasteiger partial charge in [0.25, 0.3) is 0 Å². The molecule has 0 aliphatic carbocycles. The molecule has 0 aliphatic heterocycles. The topological polar surface area (TPSA) is 40.7 Å². The van der Waals surface area contributed by atoms with Crippen molar-refractivity contribution in [3.63, 3.8) is 0 Å². The number of rotatable bonds is 3. The molecule has 0 bridgehead atoms. The average Bonchev–Trinajstić information content (AvgIpc) is 2.75. The summed E-state index contributed by atoms with van der Waals surface area (Å²) >= 11 is 2.32. The van der Waals surface area contributed by atoms with E-state index in [0.29, 0.717) is 0 Å². The van der Waals surface area contributed by atoms with Crippen LogP contribution in [0, 0.1) is 10.5 Å². The number of nitrogens with one attached hydrogen (secondary N) is 2. The highest BCUT2D eigenvalue weighted by atomic mass is 127. The Labute approximate surface area is 109 Å². The van der Waals surface area contributed by atoms with E-state index in [9.17, 15) is 0 Å². The molecule has 0 aliphatic rings. The number of hydrogen-bond donors (Lipinski definition) is 2. The first kappa shape index (κ1) is 11.4. The Kier molecular flexibility index (Phi) is 3.48. The maximum absolute atomic E-state index is 3.96. The van der Waals surface area contributed by atoms with Crippen LogP contribution in [-0.4, -0.2) is 10.2 Å². The molecule has 0 saturated heterocycles. The van der Waals surface area contributed by atoms with Crippen molar-refractivity contribution >= 4 is 28.3 Å². The van der Waals surface area contributed by atoms with Gasteiger partial charge in [-0.15, -0.1) is 0 Å². The average molecular weight is 327 g/mol. The lowest BCUT2D eigenvalue weighted by Gasteiger charge is -2.15. The standard InChI is InChI=1S/C12H14IN3/c1-8-7-10(13)3-4-11(8)15-9(2)12-5-6-14-16-12/h3-7,9,15H,1-2H3,(H,14,16). The van der Waals surface area contributed by atoms with E-state index in [0.717, 1.165) is 5.69 Å². The van der Waals surface area contributed by atoms with Crippen molar-refractivity contribution in [1.29, 1.82) is 0 Å². The van der Waals surface area contributed by atoms with Crippen LogP contribution in [-0.2, 0) is 0 Å². The zero-order valence-corrected chi connectivity index (χ0v) is 11.4. The van der Waals surface area contributed by atoms with Gasteiger partial charge < -0.3 is 5.32 Å². The summed E-state index contributed by atoms with van der Waals surface area (Å²) in [5.41, 5.74) is 3.53. The van der Waals surface area contributed by atoms with Crippen LogP contribution in [0.3, 0.4) is 0 Å². The minimum absolute atomic E-state index is 0.237. The van der Waals surface area contributed by atoms with Crippen molar-refractivity contribution in [1.82, 2.24) is 10.2 Å². The molecular formula is C12H14IN3. The summed E-state index contributed by atoms with van der Waals surface area (Å²) in [6.45, 7) is 4.23. The Balaban J connectivity index is 2.15. The second-order valence-electron chi connectivity index (χ2n) is 3.84. The second kappa shape index (κ2) is 4.86. The Morgan fingerprint density at radius 1 is 1.38 bits per heavy atom. The van der Waals surface area contributed by atoms with Crippen molar-refractivity contribution in [2.45, 2.75) is 19.9 Å². The molecule has 1 atom stereocenters. The lowest BCUT2D eigenvalue weighted by Crippen LogP contribution is -2.08. The summed E-state index contributed by atoms with van der Waals surface area (Å²) < 4.78 is 1.26. The van der Waals surface area contributed by atoms with Crippen LogP contribution < -0.4 is 5.32 Å². The smallest absolute Gasteiger partial charge is 0.0651 e. The molecule has 0 fully saturated rings. The Hall–Kier alpha value is -1.04. The number of H-pyrrole nitrogens is 1. The highest BCUT2D eigenvalue weighted by Crippen LogP contribution is 2.22. The Morgan fingerprint density at radius 2 is 2.19 bits per heavy atom. The third kappa shape index (κ3) is 2.55. The van der Waals surface area contributed by atoms with Gasteiger partial charge in [-0.1, -0.05) is 0 Å². The molecule has 2 N–H and O–H groups in total. The fourth-order valence-electron chi connectivity index (χ4n) is 1.61. The normalized spacial score (nSPS) is 12.4. The molecule has 0 spiro atoms. The van der Waals surface area contributed by atoms with E-state index in [1.807, 2.05) is 6.07 Å². The van der Waals surface area contributed by atoms with Crippen LogP contribution in [0.4, 0.5) is 5.69 Å². The molecule has 1 aromatic heterocycles. The first-order valence-electron chi connectivity index (χ1n) is 5.19. The molecule has 4 heteroatoms. The van der Waals surface area contributed by atoms with E-state index >= 15 is 0 Å². The summed E-state index contributed by atoms with van der Waals surface area (Å²) in [6.07, 6.45) is 1.77. The molecule has 16 heavy (non-hydrogen) atoms. The fourth-order valence-corrected chi connectivity index (χ4v) is 2.25. The van der Waals surface area contributed by atoms with E-state index in [4.69, 9.17) is 0 Å². The number of aromatic nitrogens is 2. The van der Waals surface area contributed by atoms with Crippen molar-refractivity contribution in [3.05, 3.63) is 45.3 Å². The highest BCUT2D eigenvalue weighted by molar-refractivity contribution is 14.1. The number of benzene rings is 1. The molecule has 0 radical (unpaired) electrons. The van der Waals surface area contributed by atoms with Gasteiger partial charge in [0.05, 0.1) is 11.7 Å². The van der Waals surface area contributed by atoms with Crippen LogP contribution in [0.1, 0.15) is 24.2 Å². The molecule has 3 nitrogen and oxygen atoms in total. The Morgan fingerprint density at radius 3 is 2.81 bits per heavy atom. The van der Waals surface area contributed by atoms with Crippen LogP contribution >= 0.6 is 22.6 Å².